The molecule has 0 unspecified atom stereocenters. The fraction of sp³-hybridized carbons (Fsp3) is 0.150. The monoisotopic (exact) mass is 412 g/mol. The molecule has 0 aliphatic rings. The molecule has 0 bridgehead atoms. The number of aromatic nitrogens is 2. The fourth-order valence-corrected chi connectivity index (χ4v) is 3.80. The number of carbonyl (C=O) groups excluding carboxylic acids is 1. The molecule has 0 aliphatic carbocycles. The van der Waals surface area contributed by atoms with Crippen LogP contribution in [0.5, 0.6) is 5.75 Å². The molecule has 0 aliphatic heterocycles. The van der Waals surface area contributed by atoms with Crippen molar-refractivity contribution in [3.8, 4) is 17.1 Å². The van der Waals surface area contributed by atoms with Crippen LogP contribution in [0.4, 0.5) is 5.69 Å². The van der Waals surface area contributed by atoms with Crippen LogP contribution in [0.2, 0.25) is 0 Å². The van der Waals surface area contributed by atoms with Gasteiger partial charge in [-0.2, -0.15) is 0 Å². The second kappa shape index (κ2) is 7.98. The van der Waals surface area contributed by atoms with E-state index in [1.165, 1.54) is 31.6 Å². The highest BCUT2D eigenvalue weighted by atomic mass is 32.2. The summed E-state index contributed by atoms with van der Waals surface area (Å²) in [6, 6.07) is 9.48. The lowest BCUT2D eigenvalue weighted by Crippen LogP contribution is -2.21. The first-order valence-corrected chi connectivity index (χ1v) is 10.2. The van der Waals surface area contributed by atoms with Gasteiger partial charge in [0.25, 0.3) is 5.91 Å². The number of hydrogen-bond acceptors (Lipinski definition) is 6. The van der Waals surface area contributed by atoms with Gasteiger partial charge in [-0.05, 0) is 56.3 Å². The molecule has 1 aromatic heterocycles. The van der Waals surface area contributed by atoms with Crippen LogP contribution in [-0.4, -0.2) is 36.4 Å². The quantitative estimate of drug-likeness (QED) is 0.592. The number of amides is 1. The average molecular weight is 412 g/mol. The van der Waals surface area contributed by atoms with Crippen molar-refractivity contribution < 1.29 is 18.3 Å². The lowest BCUT2D eigenvalue weighted by Gasteiger charge is -2.12. The van der Waals surface area contributed by atoms with E-state index in [4.69, 9.17) is 0 Å². The largest absolute Gasteiger partial charge is 0.508 e. The molecule has 29 heavy (non-hydrogen) atoms. The first kappa shape index (κ1) is 20.4. The van der Waals surface area contributed by atoms with Gasteiger partial charge in [-0.25, -0.2) is 23.1 Å². The van der Waals surface area contributed by atoms with Crippen molar-refractivity contribution in [2.24, 2.45) is 0 Å². The minimum absolute atomic E-state index is 0.0561. The standard InChI is InChI=1S/C20H20N4O4S/c1-12-7-15(9-18(13(12)2)29(27,28)21-3)20(26)24-16-10-22-19(23-11-16)14-5-4-6-17(25)8-14/h4-11,21,25H,1-3H3,(H,24,26). The first-order valence-electron chi connectivity index (χ1n) is 8.69. The summed E-state index contributed by atoms with van der Waals surface area (Å²) in [5, 5.41) is 12.2. The molecule has 0 atom stereocenters. The molecule has 3 aromatic rings. The van der Waals surface area contributed by atoms with Crippen molar-refractivity contribution >= 4 is 21.6 Å². The van der Waals surface area contributed by atoms with E-state index in [0.717, 1.165) is 0 Å². The number of aryl methyl sites for hydroxylation is 1. The second-order valence-corrected chi connectivity index (χ2v) is 8.28. The molecule has 1 amide bonds. The van der Waals surface area contributed by atoms with Crippen LogP contribution in [0, 0.1) is 13.8 Å². The van der Waals surface area contributed by atoms with E-state index < -0.39 is 15.9 Å². The minimum atomic E-state index is -3.70. The maximum atomic E-state index is 12.6. The van der Waals surface area contributed by atoms with Gasteiger partial charge in [0, 0.05) is 11.1 Å². The van der Waals surface area contributed by atoms with Crippen LogP contribution in [0.15, 0.2) is 53.7 Å². The Hall–Kier alpha value is -3.30. The topological polar surface area (TPSA) is 121 Å². The second-order valence-electron chi connectivity index (χ2n) is 6.42. The third-order valence-corrected chi connectivity index (χ3v) is 5.99. The fourth-order valence-electron chi connectivity index (χ4n) is 2.74. The normalized spacial score (nSPS) is 11.3. The lowest BCUT2D eigenvalue weighted by molar-refractivity contribution is 0.102. The number of rotatable bonds is 5. The summed E-state index contributed by atoms with van der Waals surface area (Å²) >= 11 is 0. The van der Waals surface area contributed by atoms with Gasteiger partial charge in [0.1, 0.15) is 5.75 Å². The molecular weight excluding hydrogens is 392 g/mol. The molecule has 3 rings (SSSR count). The Kier molecular flexibility index (Phi) is 5.62. The van der Waals surface area contributed by atoms with E-state index in [0.29, 0.717) is 28.2 Å². The first-order chi connectivity index (χ1) is 13.7. The molecule has 2 aromatic carbocycles. The van der Waals surface area contributed by atoms with E-state index in [9.17, 15) is 18.3 Å². The van der Waals surface area contributed by atoms with Crippen molar-refractivity contribution in [2.75, 3.05) is 12.4 Å². The zero-order valence-electron chi connectivity index (χ0n) is 16.1. The number of nitrogens with one attached hydrogen (secondary N) is 2. The molecule has 0 fully saturated rings. The van der Waals surface area contributed by atoms with Crippen molar-refractivity contribution in [3.05, 3.63) is 65.5 Å². The number of phenolic OH excluding ortho intramolecular Hbond substituents is 1. The number of aromatic hydroxyl groups is 1. The highest BCUT2D eigenvalue weighted by molar-refractivity contribution is 7.89. The van der Waals surface area contributed by atoms with E-state index in [-0.39, 0.29) is 16.2 Å². The molecule has 9 heteroatoms. The van der Waals surface area contributed by atoms with E-state index in [1.807, 2.05) is 0 Å². The smallest absolute Gasteiger partial charge is 0.255 e. The minimum Gasteiger partial charge on any atom is -0.508 e. The number of anilines is 1. The molecule has 150 valence electrons. The molecule has 0 saturated heterocycles. The molecule has 1 heterocycles. The molecule has 0 spiro atoms. The van der Waals surface area contributed by atoms with Crippen LogP contribution in [0.3, 0.4) is 0 Å². The van der Waals surface area contributed by atoms with Gasteiger partial charge in [0.15, 0.2) is 5.82 Å². The van der Waals surface area contributed by atoms with Crippen molar-refractivity contribution in [2.45, 2.75) is 18.7 Å². The Labute approximate surface area is 168 Å². The molecule has 8 nitrogen and oxygen atoms in total. The van der Waals surface area contributed by atoms with Gasteiger partial charge in [-0.3, -0.25) is 4.79 Å². The highest BCUT2D eigenvalue weighted by Crippen LogP contribution is 2.23. The Morgan fingerprint density at radius 1 is 1.07 bits per heavy atom. The van der Waals surface area contributed by atoms with Gasteiger partial charge >= 0.3 is 0 Å². The number of hydrogen-bond donors (Lipinski definition) is 3. The maximum absolute atomic E-state index is 12.6. The third-order valence-electron chi connectivity index (χ3n) is 4.45. The van der Waals surface area contributed by atoms with Crippen LogP contribution in [0.1, 0.15) is 21.5 Å². The SMILES string of the molecule is CNS(=O)(=O)c1cc(C(=O)Nc2cnc(-c3cccc(O)c3)nc2)cc(C)c1C. The van der Waals surface area contributed by atoms with Crippen molar-refractivity contribution in [1.82, 2.24) is 14.7 Å². The maximum Gasteiger partial charge on any atom is 0.255 e. The van der Waals surface area contributed by atoms with Crippen LogP contribution < -0.4 is 10.0 Å². The Morgan fingerprint density at radius 2 is 1.76 bits per heavy atom. The van der Waals surface area contributed by atoms with Gasteiger partial charge < -0.3 is 10.4 Å². The number of carbonyl (C=O) groups is 1. The number of phenols is 1. The predicted molar refractivity (Wildman–Crippen MR) is 109 cm³/mol. The molecule has 3 N–H and O–H groups in total. The number of benzene rings is 2. The number of nitrogens with zero attached hydrogens (tertiary/aromatic N) is 2. The Bertz CT molecular complexity index is 1180. The lowest BCUT2D eigenvalue weighted by atomic mass is 10.1. The zero-order chi connectivity index (χ0) is 21.2. The summed E-state index contributed by atoms with van der Waals surface area (Å²) in [6.45, 7) is 3.43. The summed E-state index contributed by atoms with van der Waals surface area (Å²) in [5.74, 6) is 0.0207. The van der Waals surface area contributed by atoms with Crippen LogP contribution in [0.25, 0.3) is 11.4 Å². The number of sulfonamides is 1. The summed E-state index contributed by atoms with van der Waals surface area (Å²) in [4.78, 5) is 21.1. The van der Waals surface area contributed by atoms with E-state index in [1.54, 1.807) is 38.1 Å². The predicted octanol–water partition coefficient (Wildman–Crippen LogP) is 2.63. The molecule has 0 radical (unpaired) electrons. The van der Waals surface area contributed by atoms with Gasteiger partial charge in [-0.15, -0.1) is 0 Å². The summed E-state index contributed by atoms with van der Waals surface area (Å²) in [6.07, 6.45) is 2.88. The summed E-state index contributed by atoms with van der Waals surface area (Å²) in [5.41, 5.74) is 2.46. The molecule has 0 saturated carbocycles. The van der Waals surface area contributed by atoms with Crippen LogP contribution in [-0.2, 0) is 10.0 Å². The van der Waals surface area contributed by atoms with E-state index >= 15 is 0 Å². The Balaban J connectivity index is 1.85. The summed E-state index contributed by atoms with van der Waals surface area (Å²) < 4.78 is 26.7. The highest BCUT2D eigenvalue weighted by Gasteiger charge is 2.19. The Morgan fingerprint density at radius 3 is 2.38 bits per heavy atom. The van der Waals surface area contributed by atoms with Gasteiger partial charge in [0.05, 0.1) is 23.0 Å². The molecular formula is C20H20N4O4S. The van der Waals surface area contributed by atoms with Crippen LogP contribution >= 0.6 is 0 Å². The van der Waals surface area contributed by atoms with Crippen molar-refractivity contribution in [3.63, 3.8) is 0 Å². The zero-order valence-corrected chi connectivity index (χ0v) is 16.9. The van der Waals surface area contributed by atoms with Crippen molar-refractivity contribution in [1.29, 1.82) is 0 Å². The van der Waals surface area contributed by atoms with Gasteiger partial charge in [-0.1, -0.05) is 12.1 Å². The van der Waals surface area contributed by atoms with E-state index in [2.05, 4.69) is 20.0 Å². The summed E-state index contributed by atoms with van der Waals surface area (Å²) in [7, 11) is -2.37. The van der Waals surface area contributed by atoms with Gasteiger partial charge in [0.2, 0.25) is 10.0 Å². The third kappa shape index (κ3) is 4.41. The average Bonchev–Trinajstić information content (AvgIpc) is 2.70.